The van der Waals surface area contributed by atoms with E-state index in [1.807, 2.05) is 11.4 Å². The second-order valence-electron chi connectivity index (χ2n) is 5.45. The van der Waals surface area contributed by atoms with Crippen LogP contribution in [0.15, 0.2) is 23.6 Å². The molecule has 0 bridgehead atoms. The number of nitrogens with two attached hydrogens (primary N) is 1. The summed E-state index contributed by atoms with van der Waals surface area (Å²) in [5.74, 6) is -0.126. The van der Waals surface area contributed by atoms with Gasteiger partial charge in [-0.3, -0.25) is 4.79 Å². The quantitative estimate of drug-likeness (QED) is 0.912. The Balaban J connectivity index is 1.79. The number of nitrogens with one attached hydrogen (secondary N) is 1. The van der Waals surface area contributed by atoms with E-state index in [2.05, 4.69) is 36.3 Å². The first-order chi connectivity index (χ1) is 9.48. The fourth-order valence-corrected chi connectivity index (χ4v) is 2.66. The highest BCUT2D eigenvalue weighted by Crippen LogP contribution is 2.34. The molecule has 104 valence electrons. The van der Waals surface area contributed by atoms with E-state index in [1.54, 1.807) is 0 Å². The molecule has 2 aromatic rings. The minimum Gasteiger partial charge on any atom is -0.317 e. The zero-order valence-corrected chi connectivity index (χ0v) is 12.4. The first-order valence-electron chi connectivity index (χ1n) is 6.61. The number of carbonyl (C=O) groups is 1. The summed E-state index contributed by atoms with van der Waals surface area (Å²) in [4.78, 5) is 16.3. The van der Waals surface area contributed by atoms with Crippen molar-refractivity contribution in [2.24, 2.45) is 5.73 Å². The van der Waals surface area contributed by atoms with Gasteiger partial charge < -0.3 is 11.1 Å². The molecule has 0 saturated heterocycles. The molecule has 1 fully saturated rings. The summed E-state index contributed by atoms with van der Waals surface area (Å²) in [7, 11) is 0. The zero-order valence-electron chi connectivity index (χ0n) is 11.6. The van der Waals surface area contributed by atoms with Gasteiger partial charge in [-0.15, -0.1) is 11.3 Å². The summed E-state index contributed by atoms with van der Waals surface area (Å²) >= 11 is 1.43. The zero-order chi connectivity index (χ0) is 14.3. The molecule has 0 atom stereocenters. The lowest BCUT2D eigenvalue weighted by Gasteiger charge is -2.06. The van der Waals surface area contributed by atoms with Crippen molar-refractivity contribution >= 4 is 22.4 Å². The molecule has 5 heteroatoms. The van der Waals surface area contributed by atoms with Crippen LogP contribution < -0.4 is 11.1 Å². The molecule has 3 N–H and O–H groups in total. The number of hydrogen-bond donors (Lipinski definition) is 2. The summed E-state index contributed by atoms with van der Waals surface area (Å²) in [6.07, 6.45) is 1.52. The maximum atomic E-state index is 11.9. The lowest BCUT2D eigenvalue weighted by molar-refractivity contribution is -0.118. The largest absolute Gasteiger partial charge is 0.317 e. The molecule has 1 aromatic carbocycles. The minimum atomic E-state index is -0.660. The fourth-order valence-electron chi connectivity index (χ4n) is 1.95. The molecule has 3 rings (SSSR count). The van der Waals surface area contributed by atoms with Crippen LogP contribution in [0.5, 0.6) is 0 Å². The first kappa shape index (κ1) is 13.3. The van der Waals surface area contributed by atoms with E-state index < -0.39 is 5.54 Å². The second-order valence-corrected chi connectivity index (χ2v) is 6.31. The summed E-state index contributed by atoms with van der Waals surface area (Å²) in [5.41, 5.74) is 9.65. The lowest BCUT2D eigenvalue weighted by Crippen LogP contribution is -2.37. The Kier molecular flexibility index (Phi) is 3.11. The number of anilines is 1. The Morgan fingerprint density at radius 1 is 1.35 bits per heavy atom. The molecule has 1 amide bonds. The van der Waals surface area contributed by atoms with E-state index in [4.69, 9.17) is 5.73 Å². The number of carbonyl (C=O) groups excluding carboxylic acids is 1. The van der Waals surface area contributed by atoms with Gasteiger partial charge in [-0.25, -0.2) is 4.98 Å². The molecule has 0 spiro atoms. The molecule has 1 aliphatic carbocycles. The summed E-state index contributed by atoms with van der Waals surface area (Å²) < 4.78 is 0. The van der Waals surface area contributed by atoms with E-state index in [9.17, 15) is 4.79 Å². The van der Waals surface area contributed by atoms with Crippen LogP contribution in [0, 0.1) is 13.8 Å². The average molecular weight is 287 g/mol. The Bertz CT molecular complexity index is 674. The van der Waals surface area contributed by atoms with Crippen molar-refractivity contribution in [3.05, 3.63) is 34.7 Å². The maximum absolute atomic E-state index is 11.9. The van der Waals surface area contributed by atoms with Crippen LogP contribution in [0.4, 0.5) is 5.13 Å². The topological polar surface area (TPSA) is 68.0 Å². The van der Waals surface area contributed by atoms with Gasteiger partial charge in [0.05, 0.1) is 11.2 Å². The Hall–Kier alpha value is -1.72. The predicted molar refractivity (Wildman–Crippen MR) is 81.8 cm³/mol. The van der Waals surface area contributed by atoms with Gasteiger partial charge in [0.15, 0.2) is 5.13 Å². The highest BCUT2D eigenvalue weighted by Gasteiger charge is 2.46. The van der Waals surface area contributed by atoms with E-state index in [-0.39, 0.29) is 5.91 Å². The van der Waals surface area contributed by atoms with Gasteiger partial charge in [-0.05, 0) is 43.9 Å². The standard InChI is InChI=1S/C15H17N3OS/c1-9-3-4-11(7-10(9)2)12-8-20-14(17-12)18-13(19)15(16)5-6-15/h3-4,7-8H,5-6,16H2,1-2H3,(H,17,18,19). The molecule has 1 saturated carbocycles. The number of amides is 1. The van der Waals surface area contributed by atoms with Crippen molar-refractivity contribution in [1.82, 2.24) is 4.98 Å². The Morgan fingerprint density at radius 3 is 2.75 bits per heavy atom. The number of benzene rings is 1. The van der Waals surface area contributed by atoms with Crippen LogP contribution in [-0.4, -0.2) is 16.4 Å². The van der Waals surface area contributed by atoms with Crippen molar-refractivity contribution in [2.75, 3.05) is 5.32 Å². The van der Waals surface area contributed by atoms with Crippen LogP contribution in [-0.2, 0) is 4.79 Å². The summed E-state index contributed by atoms with van der Waals surface area (Å²) in [5, 5.41) is 5.37. The molecule has 0 radical (unpaired) electrons. The highest BCUT2D eigenvalue weighted by atomic mass is 32.1. The monoisotopic (exact) mass is 287 g/mol. The third kappa shape index (κ3) is 2.46. The van der Waals surface area contributed by atoms with Crippen molar-refractivity contribution in [2.45, 2.75) is 32.2 Å². The molecule has 20 heavy (non-hydrogen) atoms. The Morgan fingerprint density at radius 2 is 2.10 bits per heavy atom. The van der Waals surface area contributed by atoms with Crippen LogP contribution in [0.3, 0.4) is 0 Å². The van der Waals surface area contributed by atoms with Crippen LogP contribution in [0.25, 0.3) is 11.3 Å². The van der Waals surface area contributed by atoms with Crippen LogP contribution >= 0.6 is 11.3 Å². The van der Waals surface area contributed by atoms with Crippen molar-refractivity contribution in [3.63, 3.8) is 0 Å². The van der Waals surface area contributed by atoms with Gasteiger partial charge in [0.1, 0.15) is 0 Å². The normalized spacial score (nSPS) is 15.9. The molecule has 0 unspecified atom stereocenters. The summed E-state index contributed by atoms with van der Waals surface area (Å²) in [6, 6.07) is 6.25. The van der Waals surface area contributed by atoms with Gasteiger partial charge in [0.25, 0.3) is 0 Å². The van der Waals surface area contributed by atoms with Crippen molar-refractivity contribution in [3.8, 4) is 11.3 Å². The molecule has 1 heterocycles. The van der Waals surface area contributed by atoms with Crippen LogP contribution in [0.1, 0.15) is 24.0 Å². The lowest BCUT2D eigenvalue weighted by atomic mass is 10.1. The average Bonchev–Trinajstić information content (AvgIpc) is 3.00. The number of hydrogen-bond acceptors (Lipinski definition) is 4. The SMILES string of the molecule is Cc1ccc(-c2csc(NC(=O)C3(N)CC3)n2)cc1C. The molecule has 1 aromatic heterocycles. The molecule has 4 nitrogen and oxygen atoms in total. The number of rotatable bonds is 3. The number of nitrogens with zero attached hydrogens (tertiary/aromatic N) is 1. The van der Waals surface area contributed by atoms with E-state index >= 15 is 0 Å². The van der Waals surface area contributed by atoms with E-state index in [0.717, 1.165) is 24.1 Å². The Labute approximate surface area is 122 Å². The number of aryl methyl sites for hydroxylation is 2. The van der Waals surface area contributed by atoms with Crippen LogP contribution in [0.2, 0.25) is 0 Å². The van der Waals surface area contributed by atoms with Gasteiger partial charge in [0.2, 0.25) is 5.91 Å². The predicted octanol–water partition coefficient (Wildman–Crippen LogP) is 2.86. The number of thiazole rings is 1. The third-order valence-electron chi connectivity index (χ3n) is 3.77. The molecule has 0 aliphatic heterocycles. The first-order valence-corrected chi connectivity index (χ1v) is 7.49. The molecule has 1 aliphatic rings. The van der Waals surface area contributed by atoms with E-state index in [1.165, 1.54) is 22.5 Å². The molecular weight excluding hydrogens is 270 g/mol. The van der Waals surface area contributed by atoms with Gasteiger partial charge in [-0.1, -0.05) is 12.1 Å². The van der Waals surface area contributed by atoms with Crippen molar-refractivity contribution in [1.29, 1.82) is 0 Å². The maximum Gasteiger partial charge on any atom is 0.246 e. The fraction of sp³-hybridized carbons (Fsp3) is 0.333. The third-order valence-corrected chi connectivity index (χ3v) is 4.53. The second kappa shape index (κ2) is 4.68. The minimum absolute atomic E-state index is 0.126. The molecular formula is C15H17N3OS. The van der Waals surface area contributed by atoms with Gasteiger partial charge in [-0.2, -0.15) is 0 Å². The van der Waals surface area contributed by atoms with E-state index in [0.29, 0.717) is 5.13 Å². The van der Waals surface area contributed by atoms with Gasteiger partial charge >= 0.3 is 0 Å². The van der Waals surface area contributed by atoms with Gasteiger partial charge in [0, 0.05) is 10.9 Å². The van der Waals surface area contributed by atoms with Crippen molar-refractivity contribution < 1.29 is 4.79 Å². The number of aromatic nitrogens is 1. The summed E-state index contributed by atoms with van der Waals surface area (Å²) in [6.45, 7) is 4.17. The highest BCUT2D eigenvalue weighted by molar-refractivity contribution is 7.14. The smallest absolute Gasteiger partial charge is 0.246 e.